The molecule has 0 bridgehead atoms. The summed E-state index contributed by atoms with van der Waals surface area (Å²) in [5.41, 5.74) is 0.649. The first-order valence-corrected chi connectivity index (χ1v) is 10.5. The molecule has 0 saturated heterocycles. The molecule has 2 aromatic heterocycles. The summed E-state index contributed by atoms with van der Waals surface area (Å²) in [5, 5.41) is 5.66. The quantitative estimate of drug-likeness (QED) is 0.602. The van der Waals surface area contributed by atoms with Crippen LogP contribution in [-0.4, -0.2) is 46.7 Å². The van der Waals surface area contributed by atoms with Crippen LogP contribution in [0.15, 0.2) is 60.0 Å². The minimum Gasteiger partial charge on any atom is -0.459 e. The Hall–Kier alpha value is -3.42. The van der Waals surface area contributed by atoms with Crippen molar-refractivity contribution in [2.24, 2.45) is 0 Å². The minimum absolute atomic E-state index is 0.102. The summed E-state index contributed by atoms with van der Waals surface area (Å²) >= 11 is 0. The Kier molecular flexibility index (Phi) is 7.98. The number of carbonyl (C=O) groups excluding carboxylic acids is 3. The van der Waals surface area contributed by atoms with E-state index in [0.29, 0.717) is 5.56 Å². The highest BCUT2D eigenvalue weighted by molar-refractivity contribution is 5.95. The fraction of sp³-hybridized carbons (Fsp3) is 0.391. The smallest absolute Gasteiger partial charge is 0.287 e. The lowest BCUT2D eigenvalue weighted by atomic mass is 9.94. The van der Waals surface area contributed by atoms with Crippen molar-refractivity contribution in [2.45, 2.75) is 44.2 Å². The van der Waals surface area contributed by atoms with Crippen LogP contribution in [0.5, 0.6) is 0 Å². The lowest BCUT2D eigenvalue weighted by molar-refractivity contribution is -0.139. The number of rotatable bonds is 9. The molecular weight excluding hydrogens is 396 g/mol. The number of nitrogens with zero attached hydrogens (tertiary/aromatic N) is 2. The first kappa shape index (κ1) is 22.3. The molecule has 0 spiro atoms. The molecule has 0 aromatic carbocycles. The second-order valence-corrected chi connectivity index (χ2v) is 7.52. The molecule has 3 rings (SSSR count). The van der Waals surface area contributed by atoms with Crippen molar-refractivity contribution in [1.82, 2.24) is 20.5 Å². The molecular formula is C23H28N4O4. The van der Waals surface area contributed by atoms with Crippen molar-refractivity contribution in [3.8, 4) is 0 Å². The fourth-order valence-corrected chi connectivity index (χ4v) is 3.79. The molecule has 8 heteroatoms. The topological polar surface area (TPSA) is 105 Å². The van der Waals surface area contributed by atoms with E-state index in [2.05, 4.69) is 22.2 Å². The van der Waals surface area contributed by atoms with Gasteiger partial charge in [0, 0.05) is 25.0 Å². The third-order valence-corrected chi connectivity index (χ3v) is 5.32. The molecule has 1 aliphatic carbocycles. The Morgan fingerprint density at radius 3 is 2.58 bits per heavy atom. The van der Waals surface area contributed by atoms with Crippen LogP contribution in [0.25, 0.3) is 0 Å². The molecule has 31 heavy (non-hydrogen) atoms. The summed E-state index contributed by atoms with van der Waals surface area (Å²) in [6.07, 6.45) is 11.3. The molecule has 3 amide bonds. The summed E-state index contributed by atoms with van der Waals surface area (Å²) in [5.74, 6) is -1.03. The summed E-state index contributed by atoms with van der Waals surface area (Å²) < 4.78 is 5.05. The van der Waals surface area contributed by atoms with Gasteiger partial charge >= 0.3 is 0 Å². The molecule has 1 aliphatic rings. The average Bonchev–Trinajstić information content (AvgIpc) is 3.33. The van der Waals surface area contributed by atoms with Gasteiger partial charge in [0.25, 0.3) is 5.91 Å². The number of hydrogen-bond acceptors (Lipinski definition) is 5. The number of pyridine rings is 1. The summed E-state index contributed by atoms with van der Waals surface area (Å²) in [6.45, 7) is 3.61. The van der Waals surface area contributed by atoms with E-state index in [1.54, 1.807) is 36.7 Å². The van der Waals surface area contributed by atoms with Crippen LogP contribution in [-0.2, 0) is 9.59 Å². The van der Waals surface area contributed by atoms with Crippen molar-refractivity contribution in [3.63, 3.8) is 0 Å². The van der Waals surface area contributed by atoms with Gasteiger partial charge in [-0.2, -0.15) is 0 Å². The average molecular weight is 425 g/mol. The highest BCUT2D eigenvalue weighted by atomic mass is 16.3. The van der Waals surface area contributed by atoms with Crippen LogP contribution in [0.2, 0.25) is 0 Å². The highest BCUT2D eigenvalue weighted by Gasteiger charge is 2.32. The van der Waals surface area contributed by atoms with Crippen molar-refractivity contribution in [3.05, 3.63) is 66.9 Å². The van der Waals surface area contributed by atoms with Gasteiger partial charge in [0.1, 0.15) is 6.04 Å². The standard InChI is InChI=1S/C23H28N4O4/c1-2-14-27(20(28)16-25-22(29)19-9-6-15-31-19)21(17-10-12-24-13-11-17)23(30)26-18-7-4-3-5-8-18/h2,6,9-13,15,18,21H,1,3-5,7-8,14,16H2,(H,25,29)(H,26,30). The Balaban J connectivity index is 1.77. The van der Waals surface area contributed by atoms with E-state index >= 15 is 0 Å². The maximum Gasteiger partial charge on any atom is 0.287 e. The van der Waals surface area contributed by atoms with E-state index in [-0.39, 0.29) is 30.8 Å². The zero-order valence-corrected chi connectivity index (χ0v) is 17.5. The number of hydrogen-bond donors (Lipinski definition) is 2. The van der Waals surface area contributed by atoms with Gasteiger partial charge in [0.2, 0.25) is 11.8 Å². The van der Waals surface area contributed by atoms with Crippen molar-refractivity contribution in [2.75, 3.05) is 13.1 Å². The van der Waals surface area contributed by atoms with E-state index in [1.165, 1.54) is 23.7 Å². The molecule has 2 aromatic rings. The van der Waals surface area contributed by atoms with Gasteiger partial charge in [0.15, 0.2) is 5.76 Å². The summed E-state index contributed by atoms with van der Waals surface area (Å²) in [7, 11) is 0. The van der Waals surface area contributed by atoms with Crippen molar-refractivity contribution in [1.29, 1.82) is 0 Å². The highest BCUT2D eigenvalue weighted by Crippen LogP contribution is 2.23. The van der Waals surface area contributed by atoms with Gasteiger partial charge in [-0.3, -0.25) is 19.4 Å². The maximum atomic E-state index is 13.3. The Labute approximate surface area is 181 Å². The molecule has 164 valence electrons. The molecule has 8 nitrogen and oxygen atoms in total. The largest absolute Gasteiger partial charge is 0.459 e. The van der Waals surface area contributed by atoms with Crippen LogP contribution >= 0.6 is 0 Å². The molecule has 1 saturated carbocycles. The van der Waals surface area contributed by atoms with Crippen LogP contribution in [0.3, 0.4) is 0 Å². The van der Waals surface area contributed by atoms with Crippen LogP contribution in [0.4, 0.5) is 0 Å². The molecule has 2 N–H and O–H groups in total. The zero-order chi connectivity index (χ0) is 22.1. The molecule has 0 aliphatic heterocycles. The Bertz CT molecular complexity index is 876. The van der Waals surface area contributed by atoms with Gasteiger partial charge < -0.3 is 20.0 Å². The Morgan fingerprint density at radius 1 is 1.19 bits per heavy atom. The lowest BCUT2D eigenvalue weighted by Gasteiger charge is -2.32. The van der Waals surface area contributed by atoms with Gasteiger partial charge in [-0.25, -0.2) is 0 Å². The molecule has 1 unspecified atom stereocenters. The van der Waals surface area contributed by atoms with Crippen LogP contribution in [0, 0.1) is 0 Å². The summed E-state index contributed by atoms with van der Waals surface area (Å²) in [6, 6.07) is 5.79. The molecule has 1 fully saturated rings. The normalized spacial score (nSPS) is 15.0. The number of aromatic nitrogens is 1. The first-order valence-electron chi connectivity index (χ1n) is 10.5. The summed E-state index contributed by atoms with van der Waals surface area (Å²) in [4.78, 5) is 43.9. The van der Waals surface area contributed by atoms with Crippen LogP contribution < -0.4 is 10.6 Å². The van der Waals surface area contributed by atoms with Gasteiger partial charge in [-0.05, 0) is 42.7 Å². The fourth-order valence-electron chi connectivity index (χ4n) is 3.79. The molecule has 1 atom stereocenters. The number of nitrogens with one attached hydrogen (secondary N) is 2. The third-order valence-electron chi connectivity index (χ3n) is 5.32. The molecule has 2 heterocycles. The van der Waals surface area contributed by atoms with E-state index < -0.39 is 17.9 Å². The third kappa shape index (κ3) is 6.04. The number of carbonyl (C=O) groups is 3. The molecule has 0 radical (unpaired) electrons. The number of furan rings is 1. The predicted octanol–water partition coefficient (Wildman–Crippen LogP) is 2.61. The zero-order valence-electron chi connectivity index (χ0n) is 17.5. The monoisotopic (exact) mass is 424 g/mol. The van der Waals surface area contributed by atoms with Gasteiger partial charge in [-0.1, -0.05) is 25.3 Å². The lowest BCUT2D eigenvalue weighted by Crippen LogP contribution is -2.49. The second kappa shape index (κ2) is 11.1. The van der Waals surface area contributed by atoms with Crippen LogP contribution in [0.1, 0.15) is 54.3 Å². The second-order valence-electron chi connectivity index (χ2n) is 7.52. The minimum atomic E-state index is -0.851. The van der Waals surface area contributed by atoms with E-state index in [4.69, 9.17) is 4.42 Å². The van der Waals surface area contributed by atoms with E-state index in [9.17, 15) is 14.4 Å². The van der Waals surface area contributed by atoms with E-state index in [0.717, 1.165) is 25.7 Å². The number of amides is 3. The predicted molar refractivity (Wildman–Crippen MR) is 115 cm³/mol. The van der Waals surface area contributed by atoms with Crippen molar-refractivity contribution < 1.29 is 18.8 Å². The van der Waals surface area contributed by atoms with Gasteiger partial charge in [-0.15, -0.1) is 6.58 Å². The van der Waals surface area contributed by atoms with Gasteiger partial charge in [0.05, 0.1) is 12.8 Å². The Morgan fingerprint density at radius 2 is 1.94 bits per heavy atom. The van der Waals surface area contributed by atoms with Crippen molar-refractivity contribution >= 4 is 17.7 Å². The SMILES string of the molecule is C=CCN(C(=O)CNC(=O)c1ccco1)C(C(=O)NC1CCCCC1)c1ccncc1. The van der Waals surface area contributed by atoms with E-state index in [1.807, 2.05) is 0 Å². The maximum absolute atomic E-state index is 13.3. The first-order chi connectivity index (χ1) is 15.1.